The molecule has 0 radical (unpaired) electrons. The fraction of sp³-hybridized carbons (Fsp3) is 0.600. The summed E-state index contributed by atoms with van der Waals surface area (Å²) in [5.74, 6) is 0. The number of amides is 1. The average molecular weight is 408 g/mol. The van der Waals surface area contributed by atoms with Gasteiger partial charge in [-0.2, -0.15) is 0 Å². The van der Waals surface area contributed by atoms with Crippen molar-refractivity contribution >= 4 is 33.6 Å². The molecule has 1 fully saturated rings. The average Bonchev–Trinajstić information content (AvgIpc) is 2.44. The van der Waals surface area contributed by atoms with Gasteiger partial charge >= 0.3 is 6.09 Å². The van der Waals surface area contributed by atoms with E-state index in [4.69, 9.17) is 21.1 Å². The molecule has 1 aromatic rings. The van der Waals surface area contributed by atoms with Gasteiger partial charge in [-0.15, -0.1) is 0 Å². The van der Waals surface area contributed by atoms with Gasteiger partial charge in [0.05, 0.1) is 25.8 Å². The summed E-state index contributed by atoms with van der Waals surface area (Å²) >= 11 is 9.26. The first-order valence-corrected chi connectivity index (χ1v) is 8.42. The first-order valence-electron chi connectivity index (χ1n) is 7.25. The van der Waals surface area contributed by atoms with Gasteiger partial charge in [-0.05, 0) is 54.4 Å². The number of aromatic nitrogens is 1. The number of nitrogens with zero attached hydrogens (tertiary/aromatic N) is 2. The molecule has 1 aliphatic heterocycles. The van der Waals surface area contributed by atoms with Crippen molar-refractivity contribution in [2.24, 2.45) is 0 Å². The largest absolute Gasteiger partial charge is 0.444 e. The summed E-state index contributed by atoms with van der Waals surface area (Å²) in [4.78, 5) is 17.9. The third kappa shape index (κ3) is 5.31. The van der Waals surface area contributed by atoms with Gasteiger partial charge in [0.1, 0.15) is 21.5 Å². The fourth-order valence-corrected chi connectivity index (χ4v) is 3.04. The molecule has 2 heterocycles. The SMILES string of the molecule is CC(C)(C)OC(=O)N1CC(CO)OC(c2cc(Cl)nc(Br)c2)C1. The summed E-state index contributed by atoms with van der Waals surface area (Å²) in [7, 11) is 0. The molecule has 6 nitrogen and oxygen atoms in total. The van der Waals surface area contributed by atoms with Crippen molar-refractivity contribution in [3.63, 3.8) is 0 Å². The van der Waals surface area contributed by atoms with Gasteiger partial charge < -0.3 is 19.5 Å². The van der Waals surface area contributed by atoms with E-state index in [2.05, 4.69) is 20.9 Å². The van der Waals surface area contributed by atoms with E-state index in [1.807, 2.05) is 20.8 Å². The summed E-state index contributed by atoms with van der Waals surface area (Å²) in [6.07, 6.45) is -1.32. The Morgan fingerprint density at radius 2 is 2.22 bits per heavy atom. The van der Waals surface area contributed by atoms with Gasteiger partial charge in [-0.3, -0.25) is 0 Å². The van der Waals surface area contributed by atoms with Crippen LogP contribution in [0.1, 0.15) is 32.4 Å². The van der Waals surface area contributed by atoms with E-state index in [-0.39, 0.29) is 13.2 Å². The molecule has 1 aromatic heterocycles. The first kappa shape index (κ1) is 18.4. The van der Waals surface area contributed by atoms with Crippen molar-refractivity contribution in [1.82, 2.24) is 9.88 Å². The highest BCUT2D eigenvalue weighted by Gasteiger charge is 2.33. The lowest BCUT2D eigenvalue weighted by Crippen LogP contribution is -2.49. The van der Waals surface area contributed by atoms with Crippen molar-refractivity contribution in [2.75, 3.05) is 19.7 Å². The first-order chi connectivity index (χ1) is 10.7. The van der Waals surface area contributed by atoms with Crippen LogP contribution in [0.25, 0.3) is 0 Å². The van der Waals surface area contributed by atoms with Crippen LogP contribution in [0.5, 0.6) is 0 Å². The number of hydrogen-bond donors (Lipinski definition) is 1. The Kier molecular flexibility index (Phi) is 5.89. The Morgan fingerprint density at radius 3 is 2.78 bits per heavy atom. The molecule has 128 valence electrons. The van der Waals surface area contributed by atoms with Crippen molar-refractivity contribution < 1.29 is 19.4 Å². The predicted octanol–water partition coefficient (Wildman–Crippen LogP) is 3.17. The minimum atomic E-state index is -0.581. The van der Waals surface area contributed by atoms with Crippen LogP contribution in [0, 0.1) is 0 Å². The molecule has 0 saturated carbocycles. The smallest absolute Gasteiger partial charge is 0.410 e. The second kappa shape index (κ2) is 7.34. The molecular formula is C15H20BrClN2O4. The van der Waals surface area contributed by atoms with Gasteiger partial charge in [0.25, 0.3) is 0 Å². The van der Waals surface area contributed by atoms with Crippen LogP contribution in [0.2, 0.25) is 5.15 Å². The van der Waals surface area contributed by atoms with Gasteiger partial charge in [0.2, 0.25) is 0 Å². The molecule has 23 heavy (non-hydrogen) atoms. The van der Waals surface area contributed by atoms with Crippen LogP contribution < -0.4 is 0 Å². The molecule has 0 aromatic carbocycles. The molecule has 1 aliphatic rings. The number of pyridine rings is 1. The van der Waals surface area contributed by atoms with Crippen LogP contribution in [-0.2, 0) is 9.47 Å². The molecule has 0 bridgehead atoms. The highest BCUT2D eigenvalue weighted by molar-refractivity contribution is 9.10. The Morgan fingerprint density at radius 1 is 1.52 bits per heavy atom. The Labute approximate surface area is 148 Å². The quantitative estimate of drug-likeness (QED) is 0.763. The third-order valence-corrected chi connectivity index (χ3v) is 3.78. The maximum atomic E-state index is 12.3. The number of aliphatic hydroxyl groups is 1. The van der Waals surface area contributed by atoms with E-state index in [1.54, 1.807) is 17.0 Å². The normalized spacial score (nSPS) is 22.1. The molecule has 2 rings (SSSR count). The molecule has 1 amide bonds. The summed E-state index contributed by atoms with van der Waals surface area (Å²) < 4.78 is 11.8. The standard InChI is InChI=1S/C15H20BrClN2O4/c1-15(2,3)23-14(21)19-6-10(8-20)22-11(7-19)9-4-12(16)18-13(17)5-9/h4-5,10-11,20H,6-8H2,1-3H3. The highest BCUT2D eigenvalue weighted by Crippen LogP contribution is 2.29. The van der Waals surface area contributed by atoms with Gasteiger partial charge in [0.15, 0.2) is 0 Å². The molecule has 2 unspecified atom stereocenters. The molecule has 0 spiro atoms. The minimum Gasteiger partial charge on any atom is -0.444 e. The van der Waals surface area contributed by atoms with Crippen LogP contribution in [-0.4, -0.2) is 52.5 Å². The fourth-order valence-electron chi connectivity index (χ4n) is 2.27. The van der Waals surface area contributed by atoms with E-state index in [9.17, 15) is 9.90 Å². The second-order valence-corrected chi connectivity index (χ2v) is 7.56. The maximum absolute atomic E-state index is 12.3. The molecule has 1 saturated heterocycles. The van der Waals surface area contributed by atoms with Crippen LogP contribution in [0.4, 0.5) is 4.79 Å². The van der Waals surface area contributed by atoms with Crippen LogP contribution in [0.15, 0.2) is 16.7 Å². The molecule has 8 heteroatoms. The predicted molar refractivity (Wildman–Crippen MR) is 89.5 cm³/mol. The van der Waals surface area contributed by atoms with Crippen LogP contribution in [0.3, 0.4) is 0 Å². The maximum Gasteiger partial charge on any atom is 0.410 e. The zero-order valence-corrected chi connectivity index (χ0v) is 15.6. The number of halogens is 2. The van der Waals surface area contributed by atoms with Gasteiger partial charge in [-0.1, -0.05) is 11.6 Å². The van der Waals surface area contributed by atoms with E-state index in [0.29, 0.717) is 16.3 Å². The number of aliphatic hydroxyl groups excluding tert-OH is 1. The minimum absolute atomic E-state index is 0.185. The van der Waals surface area contributed by atoms with Crippen LogP contribution >= 0.6 is 27.5 Å². The summed E-state index contributed by atoms with van der Waals surface area (Å²) in [6.45, 7) is 5.85. The number of rotatable bonds is 2. The van der Waals surface area contributed by atoms with Crippen molar-refractivity contribution in [1.29, 1.82) is 0 Å². The van der Waals surface area contributed by atoms with E-state index >= 15 is 0 Å². The Hall–Kier alpha value is -0.890. The zero-order chi connectivity index (χ0) is 17.2. The summed E-state index contributed by atoms with van der Waals surface area (Å²) in [6, 6.07) is 3.47. The molecule has 2 atom stereocenters. The van der Waals surface area contributed by atoms with Crippen molar-refractivity contribution in [3.8, 4) is 0 Å². The second-order valence-electron chi connectivity index (χ2n) is 6.36. The Bertz CT molecular complexity index is 559. The number of morpholine rings is 1. The number of ether oxygens (including phenoxy) is 2. The zero-order valence-electron chi connectivity index (χ0n) is 13.3. The Balaban J connectivity index is 2.19. The lowest BCUT2D eigenvalue weighted by molar-refractivity contribution is -0.104. The van der Waals surface area contributed by atoms with E-state index < -0.39 is 23.9 Å². The van der Waals surface area contributed by atoms with E-state index in [0.717, 1.165) is 5.56 Å². The lowest BCUT2D eigenvalue weighted by Gasteiger charge is -2.38. The van der Waals surface area contributed by atoms with Gasteiger partial charge in [-0.25, -0.2) is 9.78 Å². The van der Waals surface area contributed by atoms with Crippen molar-refractivity contribution in [3.05, 3.63) is 27.5 Å². The molecular weight excluding hydrogens is 388 g/mol. The molecule has 1 N–H and O–H groups in total. The molecule has 0 aliphatic carbocycles. The highest BCUT2D eigenvalue weighted by atomic mass is 79.9. The summed E-state index contributed by atoms with van der Waals surface area (Å²) in [5, 5.41) is 9.77. The third-order valence-electron chi connectivity index (χ3n) is 3.18. The number of carbonyl (C=O) groups excluding carboxylic acids is 1. The van der Waals surface area contributed by atoms with Crippen molar-refractivity contribution in [2.45, 2.75) is 38.6 Å². The van der Waals surface area contributed by atoms with E-state index in [1.165, 1.54) is 0 Å². The number of carbonyl (C=O) groups is 1. The lowest BCUT2D eigenvalue weighted by atomic mass is 10.1. The monoisotopic (exact) mass is 406 g/mol. The topological polar surface area (TPSA) is 71.9 Å². The summed E-state index contributed by atoms with van der Waals surface area (Å²) in [5.41, 5.74) is 0.200. The van der Waals surface area contributed by atoms with Gasteiger partial charge in [0, 0.05) is 0 Å². The number of hydrogen-bond acceptors (Lipinski definition) is 5.